The van der Waals surface area contributed by atoms with Crippen molar-refractivity contribution < 1.29 is 19.7 Å². The van der Waals surface area contributed by atoms with E-state index in [1.165, 1.54) is 19.2 Å². The lowest BCUT2D eigenvalue weighted by molar-refractivity contribution is -0.143. The standard InChI is InChI=1S/C16H17NO4/c1-21-16(20)15(11-5-3-2-4-6-11)17-10-12-7-8-13(18)9-14(12)19/h2-9,15,17-19H,10H2,1H3. The van der Waals surface area contributed by atoms with Gasteiger partial charge in [-0.05, 0) is 11.6 Å². The van der Waals surface area contributed by atoms with Crippen LogP contribution in [0.4, 0.5) is 0 Å². The first-order valence-corrected chi connectivity index (χ1v) is 6.49. The Kier molecular flexibility index (Phi) is 4.79. The van der Waals surface area contributed by atoms with Gasteiger partial charge in [0.25, 0.3) is 0 Å². The second-order valence-corrected chi connectivity index (χ2v) is 4.56. The number of benzene rings is 2. The summed E-state index contributed by atoms with van der Waals surface area (Å²) in [5.74, 6) is -0.442. The molecule has 0 saturated carbocycles. The van der Waals surface area contributed by atoms with Crippen LogP contribution in [0.1, 0.15) is 17.2 Å². The Morgan fingerprint density at radius 3 is 2.52 bits per heavy atom. The van der Waals surface area contributed by atoms with Crippen LogP contribution in [0, 0.1) is 0 Å². The highest BCUT2D eigenvalue weighted by atomic mass is 16.5. The summed E-state index contributed by atoms with van der Waals surface area (Å²) in [6.07, 6.45) is 0. The van der Waals surface area contributed by atoms with Gasteiger partial charge in [0.2, 0.25) is 0 Å². The van der Waals surface area contributed by atoms with Gasteiger partial charge in [-0.15, -0.1) is 0 Å². The van der Waals surface area contributed by atoms with Crippen molar-refractivity contribution >= 4 is 5.97 Å². The van der Waals surface area contributed by atoms with Crippen LogP contribution >= 0.6 is 0 Å². The smallest absolute Gasteiger partial charge is 0.327 e. The minimum absolute atomic E-state index is 0.0103. The summed E-state index contributed by atoms with van der Waals surface area (Å²) in [6.45, 7) is 0.265. The number of esters is 1. The highest BCUT2D eigenvalue weighted by Crippen LogP contribution is 2.23. The predicted molar refractivity (Wildman–Crippen MR) is 77.8 cm³/mol. The summed E-state index contributed by atoms with van der Waals surface area (Å²) >= 11 is 0. The monoisotopic (exact) mass is 287 g/mol. The van der Waals surface area contributed by atoms with Crippen molar-refractivity contribution in [3.8, 4) is 11.5 Å². The lowest BCUT2D eigenvalue weighted by atomic mass is 10.1. The van der Waals surface area contributed by atoms with Gasteiger partial charge in [0, 0.05) is 18.2 Å². The largest absolute Gasteiger partial charge is 0.508 e. The summed E-state index contributed by atoms with van der Waals surface area (Å²) < 4.78 is 4.80. The molecule has 0 bridgehead atoms. The van der Waals surface area contributed by atoms with E-state index in [2.05, 4.69) is 5.32 Å². The van der Waals surface area contributed by atoms with Crippen molar-refractivity contribution in [1.29, 1.82) is 0 Å². The van der Waals surface area contributed by atoms with E-state index in [4.69, 9.17) is 4.74 Å². The van der Waals surface area contributed by atoms with E-state index < -0.39 is 12.0 Å². The van der Waals surface area contributed by atoms with Gasteiger partial charge in [-0.25, -0.2) is 4.79 Å². The number of phenols is 2. The summed E-state index contributed by atoms with van der Waals surface area (Å²) in [5, 5.41) is 22.1. The van der Waals surface area contributed by atoms with Crippen LogP contribution < -0.4 is 5.32 Å². The number of phenolic OH excluding ortho intramolecular Hbond substituents is 2. The summed E-state index contributed by atoms with van der Waals surface area (Å²) in [7, 11) is 1.33. The van der Waals surface area contributed by atoms with E-state index in [9.17, 15) is 15.0 Å². The molecule has 0 aliphatic heterocycles. The number of methoxy groups -OCH3 is 1. The Morgan fingerprint density at radius 1 is 1.19 bits per heavy atom. The van der Waals surface area contributed by atoms with Gasteiger partial charge in [0.05, 0.1) is 7.11 Å². The van der Waals surface area contributed by atoms with Crippen molar-refractivity contribution in [3.05, 3.63) is 59.7 Å². The highest BCUT2D eigenvalue weighted by molar-refractivity contribution is 5.77. The van der Waals surface area contributed by atoms with Gasteiger partial charge in [0.15, 0.2) is 0 Å². The van der Waals surface area contributed by atoms with Crippen LogP contribution in [-0.2, 0) is 16.1 Å². The number of hydrogen-bond donors (Lipinski definition) is 3. The van der Waals surface area contributed by atoms with Gasteiger partial charge >= 0.3 is 5.97 Å². The molecule has 5 nitrogen and oxygen atoms in total. The van der Waals surface area contributed by atoms with Gasteiger partial charge in [0.1, 0.15) is 17.5 Å². The first-order chi connectivity index (χ1) is 10.1. The Balaban J connectivity index is 2.15. The molecule has 0 saturated heterocycles. The first kappa shape index (κ1) is 14.9. The summed E-state index contributed by atoms with van der Waals surface area (Å²) in [4.78, 5) is 11.9. The predicted octanol–water partition coefficient (Wildman–Crippen LogP) is 2.10. The second kappa shape index (κ2) is 6.76. The van der Waals surface area contributed by atoms with Crippen LogP contribution in [0.15, 0.2) is 48.5 Å². The van der Waals surface area contributed by atoms with Crippen LogP contribution in [0.3, 0.4) is 0 Å². The zero-order chi connectivity index (χ0) is 15.2. The van der Waals surface area contributed by atoms with Crippen LogP contribution in [0.2, 0.25) is 0 Å². The average molecular weight is 287 g/mol. The zero-order valence-electron chi connectivity index (χ0n) is 11.6. The van der Waals surface area contributed by atoms with Crippen molar-refractivity contribution in [3.63, 3.8) is 0 Å². The van der Waals surface area contributed by atoms with E-state index in [-0.39, 0.29) is 18.0 Å². The third-order valence-corrected chi connectivity index (χ3v) is 3.14. The fraction of sp³-hybridized carbons (Fsp3) is 0.188. The van der Waals surface area contributed by atoms with Crippen molar-refractivity contribution in [1.82, 2.24) is 5.32 Å². The molecule has 0 aliphatic rings. The molecule has 2 aromatic rings. The first-order valence-electron chi connectivity index (χ1n) is 6.49. The van der Waals surface area contributed by atoms with Gasteiger partial charge < -0.3 is 14.9 Å². The molecule has 5 heteroatoms. The number of nitrogens with one attached hydrogen (secondary N) is 1. The maximum Gasteiger partial charge on any atom is 0.327 e. The van der Waals surface area contributed by atoms with Crippen LogP contribution in [0.5, 0.6) is 11.5 Å². The molecule has 0 fully saturated rings. The molecule has 0 heterocycles. The number of carbonyl (C=O) groups excluding carboxylic acids is 1. The molecule has 0 amide bonds. The molecule has 1 unspecified atom stereocenters. The fourth-order valence-electron chi connectivity index (χ4n) is 2.01. The quantitative estimate of drug-likeness (QED) is 0.734. The lowest BCUT2D eigenvalue weighted by Crippen LogP contribution is -2.29. The fourth-order valence-corrected chi connectivity index (χ4v) is 2.01. The molecule has 0 aromatic heterocycles. The molecule has 0 radical (unpaired) electrons. The number of ether oxygens (including phenoxy) is 1. The molecular formula is C16H17NO4. The second-order valence-electron chi connectivity index (χ2n) is 4.56. The summed E-state index contributed by atoms with van der Waals surface area (Å²) in [6, 6.07) is 12.9. The SMILES string of the molecule is COC(=O)C(NCc1ccc(O)cc1O)c1ccccc1. The maximum atomic E-state index is 11.9. The number of carbonyl (C=O) groups is 1. The Bertz CT molecular complexity index is 613. The maximum absolute atomic E-state index is 11.9. The van der Waals surface area contributed by atoms with Gasteiger partial charge in [-0.3, -0.25) is 5.32 Å². The van der Waals surface area contributed by atoms with E-state index in [1.54, 1.807) is 6.07 Å². The molecule has 1 atom stereocenters. The third-order valence-electron chi connectivity index (χ3n) is 3.14. The van der Waals surface area contributed by atoms with Crippen molar-refractivity contribution in [2.24, 2.45) is 0 Å². The van der Waals surface area contributed by atoms with E-state index in [1.807, 2.05) is 30.3 Å². The minimum atomic E-state index is -0.621. The van der Waals surface area contributed by atoms with E-state index in [0.29, 0.717) is 5.56 Å². The molecule has 3 N–H and O–H groups in total. The molecule has 2 rings (SSSR count). The normalized spacial score (nSPS) is 11.9. The molecular weight excluding hydrogens is 270 g/mol. The summed E-state index contributed by atoms with van der Waals surface area (Å²) in [5.41, 5.74) is 1.36. The van der Waals surface area contributed by atoms with E-state index >= 15 is 0 Å². The van der Waals surface area contributed by atoms with Crippen molar-refractivity contribution in [2.75, 3.05) is 7.11 Å². The van der Waals surface area contributed by atoms with Gasteiger partial charge in [-0.2, -0.15) is 0 Å². The highest BCUT2D eigenvalue weighted by Gasteiger charge is 2.20. The van der Waals surface area contributed by atoms with E-state index in [0.717, 1.165) is 5.56 Å². The van der Waals surface area contributed by atoms with Crippen molar-refractivity contribution in [2.45, 2.75) is 12.6 Å². The lowest BCUT2D eigenvalue weighted by Gasteiger charge is -2.17. The Morgan fingerprint density at radius 2 is 1.90 bits per heavy atom. The molecule has 110 valence electrons. The van der Waals surface area contributed by atoms with Gasteiger partial charge in [-0.1, -0.05) is 36.4 Å². The third kappa shape index (κ3) is 3.73. The number of aromatic hydroxyl groups is 2. The van der Waals surface area contributed by atoms with Crippen LogP contribution in [-0.4, -0.2) is 23.3 Å². The molecule has 0 aliphatic carbocycles. The van der Waals surface area contributed by atoms with Crippen LogP contribution in [0.25, 0.3) is 0 Å². The molecule has 0 spiro atoms. The number of hydrogen-bond acceptors (Lipinski definition) is 5. The number of rotatable bonds is 5. The minimum Gasteiger partial charge on any atom is -0.508 e. The zero-order valence-corrected chi connectivity index (χ0v) is 11.6. The molecule has 21 heavy (non-hydrogen) atoms. The molecule has 2 aromatic carbocycles. The topological polar surface area (TPSA) is 78.8 Å². The average Bonchev–Trinajstić information content (AvgIpc) is 2.50. The Hall–Kier alpha value is -2.53. The Labute approximate surface area is 122 Å².